The van der Waals surface area contributed by atoms with Crippen molar-refractivity contribution in [1.82, 2.24) is 24.1 Å². The Bertz CT molecular complexity index is 1710. The molecule has 0 amide bonds. The summed E-state index contributed by atoms with van der Waals surface area (Å²) in [5.74, 6) is 4.07. The van der Waals surface area contributed by atoms with Gasteiger partial charge >= 0.3 is 0 Å². The van der Waals surface area contributed by atoms with Crippen LogP contribution in [-0.2, 0) is 17.1 Å². The van der Waals surface area contributed by atoms with Gasteiger partial charge in [0.15, 0.2) is 5.03 Å². The van der Waals surface area contributed by atoms with Crippen LogP contribution in [0.15, 0.2) is 47.9 Å². The van der Waals surface area contributed by atoms with Crippen LogP contribution < -0.4 is 5.32 Å². The van der Waals surface area contributed by atoms with E-state index in [4.69, 9.17) is 0 Å². The first-order valence-electron chi connectivity index (χ1n) is 20.0. The lowest BCUT2D eigenvalue weighted by atomic mass is 9.37. The molecule has 5 fully saturated rings. The maximum atomic E-state index is 13.1. The number of nitrogens with one attached hydrogen (secondary N) is 1. The molecular weight excluding hydrogens is 639 g/mol. The normalized spacial score (nSPS) is 38.8. The molecule has 1 aromatic heterocycles. The highest BCUT2D eigenvalue weighted by molar-refractivity contribution is 7.89. The Morgan fingerprint density at radius 3 is 2.34 bits per heavy atom. The molecule has 4 saturated carbocycles. The number of allylic oxidation sites excluding steroid dienone is 2. The summed E-state index contributed by atoms with van der Waals surface area (Å²) in [5.41, 5.74) is 5.69. The molecule has 6 aliphatic rings. The third-order valence-corrected chi connectivity index (χ3v) is 17.8. The molecule has 274 valence electrons. The van der Waals surface area contributed by atoms with Gasteiger partial charge in [0.25, 0.3) is 10.0 Å². The van der Waals surface area contributed by atoms with Crippen molar-refractivity contribution in [1.29, 1.82) is 0 Å². The molecule has 1 N–H and O–H groups in total. The number of piperazine rings is 1. The number of aryl methyl sites for hydroxylation is 2. The van der Waals surface area contributed by atoms with Gasteiger partial charge in [0, 0.05) is 58.1 Å². The Morgan fingerprint density at radius 1 is 0.860 bits per heavy atom. The van der Waals surface area contributed by atoms with Crippen molar-refractivity contribution < 1.29 is 8.42 Å². The van der Waals surface area contributed by atoms with E-state index in [1.165, 1.54) is 75.3 Å². The van der Waals surface area contributed by atoms with Crippen LogP contribution in [0.2, 0.25) is 0 Å². The molecular formula is C42H63N5O2S. The van der Waals surface area contributed by atoms with Gasteiger partial charge in [0.2, 0.25) is 0 Å². The number of hydrogen-bond acceptors (Lipinski definition) is 5. The average molecular weight is 702 g/mol. The standard InChI is InChI=1S/C42H63N5O2S/c1-30-9-11-31(12-10-30)33-15-19-41(5)36(39(33,2)3)17-20-40(4)34-16-21-42(18-7-8-35(42)32(34)13-14-37(40)41)44-22-23-46-24-26-47(27-25-46)50(48,49)38-28-45(6)29-43-38/h9-12,15,28-29,32,34-37,44H,7-8,13-14,16-27H2,1-6H3/t32-,34?,35?,36?,37?,40-,41-,42-/m0/s1. The summed E-state index contributed by atoms with van der Waals surface area (Å²) in [6.45, 7) is 17.4. The lowest BCUT2D eigenvalue weighted by molar-refractivity contribution is -0.172. The van der Waals surface area contributed by atoms with Crippen LogP contribution in [-0.4, -0.2) is 72.0 Å². The number of rotatable bonds is 7. The van der Waals surface area contributed by atoms with Gasteiger partial charge in [-0.3, -0.25) is 4.90 Å². The largest absolute Gasteiger partial charge is 0.339 e. The van der Waals surface area contributed by atoms with E-state index >= 15 is 0 Å². The van der Waals surface area contributed by atoms with Crippen molar-refractivity contribution in [3.63, 3.8) is 0 Å². The quantitative estimate of drug-likeness (QED) is 0.323. The van der Waals surface area contributed by atoms with E-state index in [1.807, 2.05) is 7.05 Å². The molecule has 8 rings (SSSR count). The minimum atomic E-state index is -3.52. The minimum Gasteiger partial charge on any atom is -0.339 e. The second kappa shape index (κ2) is 12.6. The van der Waals surface area contributed by atoms with E-state index in [-0.39, 0.29) is 10.4 Å². The third kappa shape index (κ3) is 5.51. The number of fused-ring (bicyclic) bond motifs is 7. The number of benzene rings is 1. The molecule has 2 aromatic rings. The molecule has 8 heteroatoms. The maximum absolute atomic E-state index is 13.1. The van der Waals surface area contributed by atoms with Gasteiger partial charge in [-0.05, 0) is 122 Å². The van der Waals surface area contributed by atoms with Crippen LogP contribution in [0.3, 0.4) is 0 Å². The second-order valence-corrected chi connectivity index (χ2v) is 20.5. The summed E-state index contributed by atoms with van der Waals surface area (Å²) in [5, 5.41) is 4.39. The molecule has 4 unspecified atom stereocenters. The first-order chi connectivity index (χ1) is 23.8. The van der Waals surface area contributed by atoms with Gasteiger partial charge in [-0.2, -0.15) is 4.31 Å². The highest BCUT2D eigenvalue weighted by Gasteiger charge is 2.65. The van der Waals surface area contributed by atoms with Crippen molar-refractivity contribution in [2.45, 2.75) is 109 Å². The second-order valence-electron chi connectivity index (χ2n) is 18.7. The van der Waals surface area contributed by atoms with E-state index in [1.54, 1.807) is 27.0 Å². The monoisotopic (exact) mass is 701 g/mol. The molecule has 0 bridgehead atoms. The van der Waals surface area contributed by atoms with Crippen molar-refractivity contribution in [2.75, 3.05) is 39.3 Å². The van der Waals surface area contributed by atoms with Crippen LogP contribution in [0.25, 0.3) is 5.57 Å². The van der Waals surface area contributed by atoms with Gasteiger partial charge in [0.05, 0.1) is 6.33 Å². The fourth-order valence-electron chi connectivity index (χ4n) is 13.7. The van der Waals surface area contributed by atoms with E-state index in [9.17, 15) is 8.42 Å². The van der Waals surface area contributed by atoms with E-state index in [0.29, 0.717) is 29.5 Å². The van der Waals surface area contributed by atoms with Crippen LogP contribution in [0.5, 0.6) is 0 Å². The van der Waals surface area contributed by atoms with Gasteiger partial charge in [-0.1, -0.05) is 70.0 Å². The summed E-state index contributed by atoms with van der Waals surface area (Å²) in [7, 11) is -1.71. The van der Waals surface area contributed by atoms with Gasteiger partial charge in [-0.15, -0.1) is 0 Å². The summed E-state index contributed by atoms with van der Waals surface area (Å²) < 4.78 is 29.5. The summed E-state index contributed by atoms with van der Waals surface area (Å²) in [6, 6.07) is 9.32. The van der Waals surface area contributed by atoms with Crippen LogP contribution in [0.4, 0.5) is 0 Å². The Labute approximate surface area is 302 Å². The fourth-order valence-corrected chi connectivity index (χ4v) is 15.1. The SMILES string of the molecule is Cc1ccc(C2=CC[C@@]3(C)C(CC[C@@]4(C)C5CC[C@@]6(NCCN7CCN(S(=O)(=O)c8cn(C)cn8)CC7)CCCC6[C@H]5CCC43)C2(C)C)cc1. The van der Waals surface area contributed by atoms with Gasteiger partial charge in [-0.25, -0.2) is 13.4 Å². The Balaban J connectivity index is 0.918. The zero-order valence-electron chi connectivity index (χ0n) is 31.8. The minimum absolute atomic E-state index is 0.161. The van der Waals surface area contributed by atoms with Gasteiger partial charge < -0.3 is 9.88 Å². The maximum Gasteiger partial charge on any atom is 0.262 e. The fraction of sp³-hybridized carbons (Fsp3) is 0.738. The highest BCUT2D eigenvalue weighted by atomic mass is 32.2. The van der Waals surface area contributed by atoms with Gasteiger partial charge in [0.1, 0.15) is 0 Å². The molecule has 1 aromatic carbocycles. The van der Waals surface area contributed by atoms with E-state index in [2.05, 4.69) is 80.2 Å². The molecule has 7 nitrogen and oxygen atoms in total. The molecule has 5 aliphatic carbocycles. The predicted octanol–water partition coefficient (Wildman–Crippen LogP) is 7.54. The molecule has 8 atom stereocenters. The van der Waals surface area contributed by atoms with Crippen molar-refractivity contribution in [3.8, 4) is 0 Å². The number of sulfonamides is 1. The van der Waals surface area contributed by atoms with Crippen molar-refractivity contribution in [3.05, 3.63) is 54.0 Å². The summed E-state index contributed by atoms with van der Waals surface area (Å²) in [6.07, 6.45) is 19.5. The smallest absolute Gasteiger partial charge is 0.262 e. The summed E-state index contributed by atoms with van der Waals surface area (Å²) >= 11 is 0. The number of imidazole rings is 1. The van der Waals surface area contributed by atoms with E-state index in [0.717, 1.165) is 55.8 Å². The number of hydrogen-bond donors (Lipinski definition) is 1. The molecule has 1 saturated heterocycles. The first-order valence-corrected chi connectivity index (χ1v) is 21.5. The molecule has 0 spiro atoms. The zero-order chi connectivity index (χ0) is 35.1. The average Bonchev–Trinajstić information content (AvgIpc) is 3.72. The first kappa shape index (κ1) is 35.1. The molecule has 2 heterocycles. The van der Waals surface area contributed by atoms with Crippen LogP contribution in [0.1, 0.15) is 103 Å². The number of aromatic nitrogens is 2. The van der Waals surface area contributed by atoms with E-state index < -0.39 is 10.0 Å². The van der Waals surface area contributed by atoms with Crippen molar-refractivity contribution in [2.24, 2.45) is 52.9 Å². The third-order valence-electron chi connectivity index (χ3n) is 16.0. The molecule has 1 aliphatic heterocycles. The molecule has 0 radical (unpaired) electrons. The Morgan fingerprint density at radius 2 is 1.62 bits per heavy atom. The predicted molar refractivity (Wildman–Crippen MR) is 202 cm³/mol. The Hall–Kier alpha value is -2.00. The van der Waals surface area contributed by atoms with Crippen LogP contribution in [0, 0.1) is 52.8 Å². The summed E-state index contributed by atoms with van der Waals surface area (Å²) in [4.78, 5) is 6.58. The Kier molecular flexibility index (Phi) is 8.80. The topological polar surface area (TPSA) is 70.5 Å². The van der Waals surface area contributed by atoms with Crippen LogP contribution >= 0.6 is 0 Å². The highest BCUT2D eigenvalue weighted by Crippen LogP contribution is 2.72. The molecule has 50 heavy (non-hydrogen) atoms. The number of nitrogens with zero attached hydrogens (tertiary/aromatic N) is 4. The van der Waals surface area contributed by atoms with Crippen molar-refractivity contribution >= 4 is 15.6 Å². The lowest BCUT2D eigenvalue weighted by Gasteiger charge is -2.68. The lowest BCUT2D eigenvalue weighted by Crippen LogP contribution is -2.64. The zero-order valence-corrected chi connectivity index (χ0v) is 32.6.